The molecule has 0 aromatic heterocycles. The average molecular weight is 176 g/mol. The summed E-state index contributed by atoms with van der Waals surface area (Å²) in [7, 11) is 0. The van der Waals surface area contributed by atoms with Crippen LogP contribution in [0.25, 0.3) is 11.4 Å². The van der Waals surface area contributed by atoms with Crippen molar-refractivity contribution in [2.24, 2.45) is 0 Å². The molecule has 0 bridgehead atoms. The number of nitrogens with zero attached hydrogens (tertiary/aromatic N) is 2. The van der Waals surface area contributed by atoms with E-state index in [-0.39, 0.29) is 5.82 Å². The summed E-state index contributed by atoms with van der Waals surface area (Å²) >= 11 is 0. The van der Waals surface area contributed by atoms with Crippen molar-refractivity contribution in [3.8, 4) is 11.4 Å². The van der Waals surface area contributed by atoms with E-state index in [9.17, 15) is 4.39 Å². The molecule has 0 unspecified atom stereocenters. The Morgan fingerprint density at radius 1 is 1.08 bits per heavy atom. The molecule has 0 aromatic rings. The number of aryl methyl sites for hydroxylation is 2. The second-order valence-electron chi connectivity index (χ2n) is 3.05. The maximum absolute atomic E-state index is 13.1. The van der Waals surface area contributed by atoms with Crippen LogP contribution in [0.3, 0.4) is 0 Å². The SMILES string of the molecule is Cc1nc2ccc(F)c(C)cc-2n1. The minimum atomic E-state index is -0.225. The van der Waals surface area contributed by atoms with Gasteiger partial charge in [0.1, 0.15) is 11.6 Å². The van der Waals surface area contributed by atoms with Crippen LogP contribution in [0.15, 0.2) is 18.2 Å². The molecule has 13 heavy (non-hydrogen) atoms. The fourth-order valence-electron chi connectivity index (χ4n) is 1.27. The van der Waals surface area contributed by atoms with Crippen LogP contribution >= 0.6 is 0 Å². The topological polar surface area (TPSA) is 25.8 Å². The zero-order valence-electron chi connectivity index (χ0n) is 7.50. The van der Waals surface area contributed by atoms with Crippen LogP contribution in [0.2, 0.25) is 0 Å². The minimum absolute atomic E-state index is 0.225. The summed E-state index contributed by atoms with van der Waals surface area (Å²) in [5.74, 6) is 0.499. The van der Waals surface area contributed by atoms with Gasteiger partial charge in [-0.2, -0.15) is 0 Å². The third-order valence-electron chi connectivity index (χ3n) is 1.94. The molecule has 0 aromatic carbocycles. The molecule has 0 spiro atoms. The molecule has 2 rings (SSSR count). The van der Waals surface area contributed by atoms with Crippen LogP contribution in [-0.2, 0) is 0 Å². The molecule has 2 nitrogen and oxygen atoms in total. The van der Waals surface area contributed by atoms with E-state index < -0.39 is 0 Å². The van der Waals surface area contributed by atoms with Gasteiger partial charge in [-0.15, -0.1) is 0 Å². The summed E-state index contributed by atoms with van der Waals surface area (Å²) in [4.78, 5) is 8.33. The van der Waals surface area contributed by atoms with E-state index in [4.69, 9.17) is 0 Å². The molecule has 66 valence electrons. The van der Waals surface area contributed by atoms with E-state index in [2.05, 4.69) is 9.97 Å². The Labute approximate surface area is 75.8 Å². The fraction of sp³-hybridized carbons (Fsp3) is 0.200. The maximum Gasteiger partial charge on any atom is 0.126 e. The van der Waals surface area contributed by atoms with Gasteiger partial charge >= 0.3 is 0 Å². The molecular weight excluding hydrogens is 167 g/mol. The molecule has 0 saturated heterocycles. The average Bonchev–Trinajstić information content (AvgIpc) is 2.36. The van der Waals surface area contributed by atoms with E-state index in [1.54, 1.807) is 19.1 Å². The van der Waals surface area contributed by atoms with E-state index in [0.717, 1.165) is 17.2 Å². The largest absolute Gasteiger partial charge is 0.232 e. The van der Waals surface area contributed by atoms with Gasteiger partial charge in [0, 0.05) is 0 Å². The zero-order valence-corrected chi connectivity index (χ0v) is 7.50. The molecule has 0 fully saturated rings. The van der Waals surface area contributed by atoms with Crippen molar-refractivity contribution in [1.29, 1.82) is 0 Å². The molecule has 1 aliphatic heterocycles. The van der Waals surface area contributed by atoms with E-state index in [1.807, 2.05) is 6.92 Å². The van der Waals surface area contributed by atoms with Crippen LogP contribution in [0.1, 0.15) is 11.4 Å². The van der Waals surface area contributed by atoms with Crippen LogP contribution in [-0.4, -0.2) is 9.97 Å². The summed E-state index contributed by atoms with van der Waals surface area (Å²) in [6.45, 7) is 3.55. The van der Waals surface area contributed by atoms with Crippen LogP contribution in [0, 0.1) is 19.7 Å². The standard InChI is InChI=1S/C10H9FN2/c1-6-5-10-9(4-3-8(6)11)12-7(2)13-10/h3-5H,1-2H3. The fourth-order valence-corrected chi connectivity index (χ4v) is 1.27. The van der Waals surface area contributed by atoms with Crippen molar-refractivity contribution in [1.82, 2.24) is 9.97 Å². The lowest BCUT2D eigenvalue weighted by atomic mass is 10.3. The van der Waals surface area contributed by atoms with Gasteiger partial charge in [-0.25, -0.2) is 14.4 Å². The first kappa shape index (κ1) is 8.10. The quantitative estimate of drug-likeness (QED) is 0.615. The normalized spacial score (nSPS) is 10.7. The number of rotatable bonds is 0. The molecule has 1 aliphatic carbocycles. The Morgan fingerprint density at radius 2 is 1.77 bits per heavy atom. The molecule has 0 amide bonds. The zero-order chi connectivity index (χ0) is 9.42. The van der Waals surface area contributed by atoms with E-state index in [1.165, 1.54) is 6.07 Å². The number of halogens is 1. The van der Waals surface area contributed by atoms with Crippen molar-refractivity contribution in [3.63, 3.8) is 0 Å². The highest BCUT2D eigenvalue weighted by molar-refractivity contribution is 5.56. The lowest BCUT2D eigenvalue weighted by Crippen LogP contribution is -1.75. The van der Waals surface area contributed by atoms with Gasteiger partial charge < -0.3 is 0 Å². The van der Waals surface area contributed by atoms with Crippen LogP contribution in [0.4, 0.5) is 4.39 Å². The first-order valence-electron chi connectivity index (χ1n) is 4.07. The molecule has 0 N–H and O–H groups in total. The Morgan fingerprint density at radius 3 is 2.54 bits per heavy atom. The van der Waals surface area contributed by atoms with Gasteiger partial charge in [0.05, 0.1) is 11.4 Å². The Kier molecular flexibility index (Phi) is 1.72. The first-order chi connectivity index (χ1) is 6.16. The first-order valence-corrected chi connectivity index (χ1v) is 4.07. The van der Waals surface area contributed by atoms with Crippen molar-refractivity contribution < 1.29 is 4.39 Å². The molecular formula is C10H9FN2. The summed E-state index contributed by atoms with van der Waals surface area (Å²) in [5, 5.41) is 0. The molecule has 3 heteroatoms. The lowest BCUT2D eigenvalue weighted by Gasteiger charge is -1.86. The predicted octanol–water partition coefficient (Wildman–Crippen LogP) is 2.34. The Bertz CT molecular complexity index is 426. The van der Waals surface area contributed by atoms with Crippen molar-refractivity contribution >= 4 is 0 Å². The Balaban J connectivity index is 2.75. The summed E-state index contributed by atoms with van der Waals surface area (Å²) in [5.41, 5.74) is 2.08. The molecule has 0 radical (unpaired) electrons. The molecule has 1 heterocycles. The van der Waals surface area contributed by atoms with Crippen LogP contribution in [0.5, 0.6) is 0 Å². The Hall–Kier alpha value is -1.51. The third-order valence-corrected chi connectivity index (χ3v) is 1.94. The highest BCUT2D eigenvalue weighted by Gasteiger charge is 2.07. The number of hydrogen-bond donors (Lipinski definition) is 0. The molecule has 2 aliphatic rings. The summed E-state index contributed by atoms with van der Waals surface area (Å²) < 4.78 is 13.1. The number of aromatic nitrogens is 2. The van der Waals surface area contributed by atoms with Gasteiger partial charge in [-0.1, -0.05) is 0 Å². The van der Waals surface area contributed by atoms with Gasteiger partial charge in [0.25, 0.3) is 0 Å². The van der Waals surface area contributed by atoms with E-state index >= 15 is 0 Å². The number of hydrogen-bond acceptors (Lipinski definition) is 2. The summed E-state index contributed by atoms with van der Waals surface area (Å²) in [6, 6.07) is 4.79. The smallest absolute Gasteiger partial charge is 0.126 e. The molecule has 0 saturated carbocycles. The maximum atomic E-state index is 13.1. The third kappa shape index (κ3) is 1.37. The van der Waals surface area contributed by atoms with Crippen LogP contribution < -0.4 is 0 Å². The predicted molar refractivity (Wildman–Crippen MR) is 48.1 cm³/mol. The minimum Gasteiger partial charge on any atom is -0.232 e. The van der Waals surface area contributed by atoms with Crippen molar-refractivity contribution in [3.05, 3.63) is 35.4 Å². The lowest BCUT2D eigenvalue weighted by molar-refractivity contribution is 0.620. The number of fused-ring (bicyclic) bond motifs is 1. The number of imidazole rings is 1. The highest BCUT2D eigenvalue weighted by Crippen LogP contribution is 2.19. The summed E-state index contributed by atoms with van der Waals surface area (Å²) in [6.07, 6.45) is 0. The van der Waals surface area contributed by atoms with Gasteiger partial charge in [0.2, 0.25) is 0 Å². The molecule has 0 atom stereocenters. The second kappa shape index (κ2) is 2.76. The van der Waals surface area contributed by atoms with Gasteiger partial charge in [-0.05, 0) is 37.6 Å². The van der Waals surface area contributed by atoms with Crippen molar-refractivity contribution in [2.75, 3.05) is 0 Å². The highest BCUT2D eigenvalue weighted by atomic mass is 19.1. The monoisotopic (exact) mass is 176 g/mol. The second-order valence-corrected chi connectivity index (χ2v) is 3.05. The van der Waals surface area contributed by atoms with Gasteiger partial charge in [-0.3, -0.25) is 0 Å². The van der Waals surface area contributed by atoms with E-state index in [0.29, 0.717) is 5.56 Å². The van der Waals surface area contributed by atoms with Crippen molar-refractivity contribution in [2.45, 2.75) is 13.8 Å². The van der Waals surface area contributed by atoms with Gasteiger partial charge in [0.15, 0.2) is 0 Å².